The molecular formula is C14H22BrNO2. The number of hydrogen-bond donors (Lipinski definition) is 3. The SMILES string of the molecule is CCC(CCO)CNCc1cc(Br)cc(C)c1O. The average molecular weight is 316 g/mol. The molecule has 0 heterocycles. The molecule has 0 aliphatic rings. The van der Waals surface area contributed by atoms with Gasteiger partial charge in [-0.15, -0.1) is 0 Å². The van der Waals surface area contributed by atoms with Crippen molar-refractivity contribution in [3.8, 4) is 5.75 Å². The standard InChI is InChI=1S/C14H22BrNO2/c1-3-11(4-5-17)8-16-9-12-7-13(15)6-10(2)14(12)18/h6-7,11,16-18H,3-5,8-9H2,1-2H3. The quantitative estimate of drug-likeness (QED) is 0.725. The summed E-state index contributed by atoms with van der Waals surface area (Å²) in [4.78, 5) is 0. The Balaban J connectivity index is 2.53. The van der Waals surface area contributed by atoms with Crippen molar-refractivity contribution in [2.75, 3.05) is 13.2 Å². The number of phenolic OH excluding ortho intramolecular Hbond substituents is 1. The molecule has 102 valence electrons. The zero-order valence-electron chi connectivity index (χ0n) is 11.0. The molecule has 0 aliphatic carbocycles. The summed E-state index contributed by atoms with van der Waals surface area (Å²) in [6.07, 6.45) is 1.88. The Morgan fingerprint density at radius 1 is 1.39 bits per heavy atom. The normalized spacial score (nSPS) is 12.7. The molecule has 1 aromatic carbocycles. The highest BCUT2D eigenvalue weighted by Gasteiger charge is 2.08. The van der Waals surface area contributed by atoms with Gasteiger partial charge in [0.25, 0.3) is 0 Å². The second-order valence-electron chi connectivity index (χ2n) is 4.65. The van der Waals surface area contributed by atoms with Crippen molar-refractivity contribution in [3.63, 3.8) is 0 Å². The van der Waals surface area contributed by atoms with Crippen LogP contribution in [0.15, 0.2) is 16.6 Å². The molecule has 0 fully saturated rings. The molecule has 1 atom stereocenters. The fourth-order valence-corrected chi connectivity index (χ4v) is 2.60. The smallest absolute Gasteiger partial charge is 0.123 e. The largest absolute Gasteiger partial charge is 0.507 e. The summed E-state index contributed by atoms with van der Waals surface area (Å²) in [5.41, 5.74) is 1.78. The highest BCUT2D eigenvalue weighted by Crippen LogP contribution is 2.26. The number of aryl methyl sites for hydroxylation is 1. The maximum Gasteiger partial charge on any atom is 0.123 e. The van der Waals surface area contributed by atoms with Crippen LogP contribution < -0.4 is 5.32 Å². The van der Waals surface area contributed by atoms with E-state index >= 15 is 0 Å². The first-order valence-corrected chi connectivity index (χ1v) is 7.17. The van der Waals surface area contributed by atoms with Gasteiger partial charge >= 0.3 is 0 Å². The lowest BCUT2D eigenvalue weighted by atomic mass is 10.0. The van der Waals surface area contributed by atoms with E-state index in [1.54, 1.807) is 0 Å². The molecule has 3 nitrogen and oxygen atoms in total. The van der Waals surface area contributed by atoms with Crippen LogP contribution in [0.1, 0.15) is 30.9 Å². The van der Waals surface area contributed by atoms with Crippen molar-refractivity contribution in [1.82, 2.24) is 5.32 Å². The van der Waals surface area contributed by atoms with Crippen molar-refractivity contribution >= 4 is 15.9 Å². The van der Waals surface area contributed by atoms with Crippen LogP contribution in [0.3, 0.4) is 0 Å². The molecule has 1 unspecified atom stereocenters. The first-order chi connectivity index (χ1) is 8.58. The van der Waals surface area contributed by atoms with Gasteiger partial charge < -0.3 is 15.5 Å². The van der Waals surface area contributed by atoms with Gasteiger partial charge in [0, 0.05) is 23.2 Å². The monoisotopic (exact) mass is 315 g/mol. The van der Waals surface area contributed by atoms with Crippen LogP contribution in [-0.4, -0.2) is 23.4 Å². The topological polar surface area (TPSA) is 52.5 Å². The number of benzene rings is 1. The lowest BCUT2D eigenvalue weighted by Crippen LogP contribution is -2.23. The molecule has 18 heavy (non-hydrogen) atoms. The van der Waals surface area contributed by atoms with Gasteiger partial charge in [0.2, 0.25) is 0 Å². The first-order valence-electron chi connectivity index (χ1n) is 6.38. The molecule has 0 aliphatic heterocycles. The maximum absolute atomic E-state index is 9.95. The van der Waals surface area contributed by atoms with Crippen molar-refractivity contribution in [2.45, 2.75) is 33.2 Å². The molecular weight excluding hydrogens is 294 g/mol. The summed E-state index contributed by atoms with van der Waals surface area (Å²) in [6.45, 7) is 5.77. The van der Waals surface area contributed by atoms with E-state index in [-0.39, 0.29) is 6.61 Å². The predicted molar refractivity (Wildman–Crippen MR) is 77.7 cm³/mol. The Bertz CT molecular complexity index is 382. The van der Waals surface area contributed by atoms with Gasteiger partial charge in [-0.3, -0.25) is 0 Å². The molecule has 1 rings (SSSR count). The zero-order chi connectivity index (χ0) is 13.5. The molecule has 0 bridgehead atoms. The number of phenols is 1. The van der Waals surface area contributed by atoms with Gasteiger partial charge in [0.1, 0.15) is 5.75 Å². The molecule has 0 aromatic heterocycles. The van der Waals surface area contributed by atoms with Crippen molar-refractivity contribution in [2.24, 2.45) is 5.92 Å². The summed E-state index contributed by atoms with van der Waals surface area (Å²) in [6, 6.07) is 3.84. The Labute approximate surface area is 117 Å². The number of rotatable bonds is 7. The van der Waals surface area contributed by atoms with Gasteiger partial charge in [-0.1, -0.05) is 29.3 Å². The molecule has 3 N–H and O–H groups in total. The lowest BCUT2D eigenvalue weighted by molar-refractivity contribution is 0.251. The minimum absolute atomic E-state index is 0.238. The molecule has 0 spiro atoms. The van der Waals surface area contributed by atoms with Gasteiger partial charge in [-0.25, -0.2) is 0 Å². The third kappa shape index (κ3) is 4.59. The van der Waals surface area contributed by atoms with E-state index in [4.69, 9.17) is 5.11 Å². The van der Waals surface area contributed by atoms with E-state index < -0.39 is 0 Å². The van der Waals surface area contributed by atoms with Gasteiger partial charge in [0.05, 0.1) is 0 Å². The Hall–Kier alpha value is -0.580. The van der Waals surface area contributed by atoms with Crippen LogP contribution >= 0.6 is 15.9 Å². The number of nitrogens with one attached hydrogen (secondary N) is 1. The maximum atomic E-state index is 9.95. The molecule has 0 saturated carbocycles. The van der Waals surface area contributed by atoms with E-state index in [0.29, 0.717) is 18.2 Å². The second kappa shape index (κ2) is 7.77. The van der Waals surface area contributed by atoms with E-state index in [9.17, 15) is 5.11 Å². The Kier molecular flexibility index (Phi) is 6.68. The number of halogens is 1. The summed E-state index contributed by atoms with van der Waals surface area (Å²) in [7, 11) is 0. The number of aliphatic hydroxyl groups is 1. The Morgan fingerprint density at radius 2 is 2.11 bits per heavy atom. The summed E-state index contributed by atoms with van der Waals surface area (Å²) >= 11 is 3.43. The second-order valence-corrected chi connectivity index (χ2v) is 5.56. The number of aromatic hydroxyl groups is 1. The molecule has 4 heteroatoms. The van der Waals surface area contributed by atoms with Crippen molar-refractivity contribution < 1.29 is 10.2 Å². The van der Waals surface area contributed by atoms with Gasteiger partial charge in [-0.05, 0) is 43.5 Å². The van der Waals surface area contributed by atoms with E-state index in [1.165, 1.54) is 0 Å². The van der Waals surface area contributed by atoms with Crippen LogP contribution in [0.4, 0.5) is 0 Å². The average Bonchev–Trinajstić information content (AvgIpc) is 2.33. The summed E-state index contributed by atoms with van der Waals surface area (Å²) in [5.74, 6) is 0.853. The number of hydrogen-bond acceptors (Lipinski definition) is 3. The van der Waals surface area contributed by atoms with Gasteiger partial charge in [0.15, 0.2) is 0 Å². The van der Waals surface area contributed by atoms with Crippen LogP contribution in [0.25, 0.3) is 0 Å². The zero-order valence-corrected chi connectivity index (χ0v) is 12.6. The molecule has 0 amide bonds. The fourth-order valence-electron chi connectivity index (χ4n) is 1.98. The number of aliphatic hydroxyl groups excluding tert-OH is 1. The molecule has 0 radical (unpaired) electrons. The summed E-state index contributed by atoms with van der Waals surface area (Å²) < 4.78 is 0.983. The van der Waals surface area contributed by atoms with E-state index in [0.717, 1.165) is 35.0 Å². The first kappa shape index (κ1) is 15.5. The predicted octanol–water partition coefficient (Wildman–Crippen LogP) is 2.96. The third-order valence-corrected chi connectivity index (χ3v) is 3.67. The van der Waals surface area contributed by atoms with Crippen LogP contribution in [0.2, 0.25) is 0 Å². The van der Waals surface area contributed by atoms with Crippen molar-refractivity contribution in [1.29, 1.82) is 0 Å². The van der Waals surface area contributed by atoms with E-state index in [1.807, 2.05) is 19.1 Å². The lowest BCUT2D eigenvalue weighted by Gasteiger charge is -2.15. The third-order valence-electron chi connectivity index (χ3n) is 3.21. The highest BCUT2D eigenvalue weighted by molar-refractivity contribution is 9.10. The van der Waals surface area contributed by atoms with Gasteiger partial charge in [-0.2, -0.15) is 0 Å². The van der Waals surface area contributed by atoms with Crippen LogP contribution in [0, 0.1) is 12.8 Å². The van der Waals surface area contributed by atoms with E-state index in [2.05, 4.69) is 28.2 Å². The fraction of sp³-hybridized carbons (Fsp3) is 0.571. The highest BCUT2D eigenvalue weighted by atomic mass is 79.9. The molecule has 1 aromatic rings. The Morgan fingerprint density at radius 3 is 2.72 bits per heavy atom. The van der Waals surface area contributed by atoms with Crippen LogP contribution in [-0.2, 0) is 6.54 Å². The minimum atomic E-state index is 0.238. The minimum Gasteiger partial charge on any atom is -0.507 e. The van der Waals surface area contributed by atoms with Crippen molar-refractivity contribution in [3.05, 3.63) is 27.7 Å². The van der Waals surface area contributed by atoms with Crippen LogP contribution in [0.5, 0.6) is 5.75 Å². The molecule has 0 saturated heterocycles. The summed E-state index contributed by atoms with van der Waals surface area (Å²) in [5, 5.41) is 22.2.